The largest absolute Gasteiger partial charge is 0.475 e. The number of esters is 1. The number of nitrogens with zero attached hydrogens (tertiary/aromatic N) is 2. The van der Waals surface area contributed by atoms with Crippen LogP contribution in [0.5, 0.6) is 5.88 Å². The van der Waals surface area contributed by atoms with Crippen LogP contribution in [0, 0.1) is 0 Å². The van der Waals surface area contributed by atoms with Gasteiger partial charge >= 0.3 is 5.97 Å². The van der Waals surface area contributed by atoms with Crippen LogP contribution < -0.4 is 9.46 Å². The highest BCUT2D eigenvalue weighted by atomic mass is 32.2. The fourth-order valence-electron chi connectivity index (χ4n) is 2.56. The predicted molar refractivity (Wildman–Crippen MR) is 111 cm³/mol. The molecule has 0 saturated heterocycles. The molecule has 0 unspecified atom stereocenters. The minimum atomic E-state index is -3.73. The first-order chi connectivity index (χ1) is 14.5. The lowest BCUT2D eigenvalue weighted by atomic mass is 10.1. The molecule has 0 bridgehead atoms. The smallest absolute Gasteiger partial charge is 0.338 e. The lowest BCUT2D eigenvalue weighted by Crippen LogP contribution is -2.28. The number of hydrogen-bond acceptors (Lipinski definition) is 7. The van der Waals surface area contributed by atoms with Crippen molar-refractivity contribution in [2.75, 3.05) is 19.8 Å². The third-order valence-electron chi connectivity index (χ3n) is 4.03. The highest BCUT2D eigenvalue weighted by Gasteiger charge is 2.15. The van der Waals surface area contributed by atoms with Crippen molar-refractivity contribution in [2.24, 2.45) is 0 Å². The molecule has 156 valence electrons. The molecule has 3 aromatic rings. The van der Waals surface area contributed by atoms with Crippen LogP contribution in [0.4, 0.5) is 0 Å². The van der Waals surface area contributed by atoms with Gasteiger partial charge in [0.1, 0.15) is 6.61 Å². The third kappa shape index (κ3) is 5.62. The Bertz CT molecular complexity index is 1070. The summed E-state index contributed by atoms with van der Waals surface area (Å²) in [6, 6.07) is 18.6. The van der Waals surface area contributed by atoms with Crippen molar-refractivity contribution in [3.05, 3.63) is 72.3 Å². The van der Waals surface area contributed by atoms with Gasteiger partial charge in [0.2, 0.25) is 15.9 Å². The lowest BCUT2D eigenvalue weighted by Gasteiger charge is -2.09. The molecule has 1 aromatic heterocycles. The van der Waals surface area contributed by atoms with Gasteiger partial charge in [-0.1, -0.05) is 30.3 Å². The number of carbonyl (C=O) groups is 1. The SMILES string of the molecule is CCOC(=O)c1ccc(S(=O)(=O)NCCOc2ccc(-c3ccccc3)nn2)cc1. The average Bonchev–Trinajstić information content (AvgIpc) is 2.78. The summed E-state index contributed by atoms with van der Waals surface area (Å²) in [6.45, 7) is 2.08. The molecule has 0 aliphatic rings. The molecule has 0 saturated carbocycles. The van der Waals surface area contributed by atoms with Gasteiger partial charge in [-0.3, -0.25) is 0 Å². The Labute approximate surface area is 174 Å². The number of hydrogen-bond donors (Lipinski definition) is 1. The quantitative estimate of drug-likeness (QED) is 0.413. The molecule has 0 fully saturated rings. The van der Waals surface area contributed by atoms with Gasteiger partial charge in [0.25, 0.3) is 0 Å². The van der Waals surface area contributed by atoms with E-state index in [0.29, 0.717) is 5.88 Å². The summed E-state index contributed by atoms with van der Waals surface area (Å²) in [5.74, 6) is -0.199. The van der Waals surface area contributed by atoms with Crippen molar-refractivity contribution in [3.8, 4) is 17.1 Å². The van der Waals surface area contributed by atoms with Gasteiger partial charge in [-0.25, -0.2) is 17.9 Å². The molecular weight excluding hydrogens is 406 g/mol. The van der Waals surface area contributed by atoms with E-state index in [-0.39, 0.29) is 30.2 Å². The highest BCUT2D eigenvalue weighted by molar-refractivity contribution is 7.89. The van der Waals surface area contributed by atoms with Crippen LogP contribution >= 0.6 is 0 Å². The fraction of sp³-hybridized carbons (Fsp3) is 0.190. The predicted octanol–water partition coefficient (Wildman–Crippen LogP) is 2.68. The number of sulfonamides is 1. The summed E-state index contributed by atoms with van der Waals surface area (Å²) in [5.41, 5.74) is 1.95. The summed E-state index contributed by atoms with van der Waals surface area (Å²) in [4.78, 5) is 11.7. The van der Waals surface area contributed by atoms with Crippen molar-refractivity contribution in [1.29, 1.82) is 0 Å². The Hall–Kier alpha value is -3.30. The van der Waals surface area contributed by atoms with E-state index in [9.17, 15) is 13.2 Å². The van der Waals surface area contributed by atoms with E-state index in [1.165, 1.54) is 24.3 Å². The maximum Gasteiger partial charge on any atom is 0.338 e. The first-order valence-electron chi connectivity index (χ1n) is 9.28. The highest BCUT2D eigenvalue weighted by Crippen LogP contribution is 2.17. The van der Waals surface area contributed by atoms with Gasteiger partial charge in [0, 0.05) is 18.2 Å². The van der Waals surface area contributed by atoms with Crippen LogP contribution in [0.25, 0.3) is 11.3 Å². The zero-order valence-corrected chi connectivity index (χ0v) is 17.1. The monoisotopic (exact) mass is 427 g/mol. The molecule has 1 heterocycles. The van der Waals surface area contributed by atoms with Gasteiger partial charge in [0.15, 0.2) is 0 Å². The van der Waals surface area contributed by atoms with E-state index in [0.717, 1.165) is 11.3 Å². The lowest BCUT2D eigenvalue weighted by molar-refractivity contribution is 0.0526. The van der Waals surface area contributed by atoms with Crippen LogP contribution in [0.2, 0.25) is 0 Å². The Kier molecular flexibility index (Phi) is 7.10. The van der Waals surface area contributed by atoms with Gasteiger partial charge < -0.3 is 9.47 Å². The van der Waals surface area contributed by atoms with Crippen LogP contribution in [-0.4, -0.2) is 44.3 Å². The first-order valence-corrected chi connectivity index (χ1v) is 10.8. The van der Waals surface area contributed by atoms with Crippen molar-refractivity contribution in [2.45, 2.75) is 11.8 Å². The minimum Gasteiger partial charge on any atom is -0.475 e. The molecule has 0 aliphatic heterocycles. The zero-order chi connectivity index (χ0) is 21.4. The molecule has 0 aliphatic carbocycles. The number of ether oxygens (including phenoxy) is 2. The Balaban J connectivity index is 1.50. The van der Waals surface area contributed by atoms with E-state index >= 15 is 0 Å². The van der Waals surface area contributed by atoms with E-state index < -0.39 is 16.0 Å². The van der Waals surface area contributed by atoms with Crippen LogP contribution in [-0.2, 0) is 14.8 Å². The molecule has 9 heteroatoms. The molecule has 0 radical (unpaired) electrons. The van der Waals surface area contributed by atoms with Gasteiger partial charge in [0.05, 0.1) is 22.8 Å². The number of benzene rings is 2. The second-order valence-electron chi connectivity index (χ2n) is 6.11. The number of aromatic nitrogens is 2. The third-order valence-corrected chi connectivity index (χ3v) is 5.51. The van der Waals surface area contributed by atoms with E-state index in [2.05, 4.69) is 14.9 Å². The summed E-state index contributed by atoms with van der Waals surface area (Å²) < 4.78 is 37.4. The maximum absolute atomic E-state index is 12.3. The molecule has 0 atom stereocenters. The Morgan fingerprint density at radius 1 is 0.967 bits per heavy atom. The van der Waals surface area contributed by atoms with Gasteiger partial charge in [-0.2, -0.15) is 0 Å². The fourth-order valence-corrected chi connectivity index (χ4v) is 3.57. The topological polar surface area (TPSA) is 107 Å². The molecule has 2 aromatic carbocycles. The Morgan fingerprint density at radius 2 is 1.70 bits per heavy atom. The maximum atomic E-state index is 12.3. The van der Waals surface area contributed by atoms with Crippen LogP contribution in [0.3, 0.4) is 0 Å². The molecular formula is C21H21N3O5S. The van der Waals surface area contributed by atoms with Crippen molar-refractivity contribution in [3.63, 3.8) is 0 Å². The minimum absolute atomic E-state index is 0.0440. The van der Waals surface area contributed by atoms with Gasteiger partial charge in [-0.05, 0) is 37.3 Å². The summed E-state index contributed by atoms with van der Waals surface area (Å²) in [6.07, 6.45) is 0. The van der Waals surface area contributed by atoms with Crippen molar-refractivity contribution >= 4 is 16.0 Å². The van der Waals surface area contributed by atoms with Crippen molar-refractivity contribution < 1.29 is 22.7 Å². The van der Waals surface area contributed by atoms with E-state index in [1.54, 1.807) is 19.1 Å². The second kappa shape index (κ2) is 9.95. The first kappa shape index (κ1) is 21.4. The summed E-state index contributed by atoms with van der Waals surface area (Å²) in [5, 5.41) is 8.10. The molecule has 3 rings (SSSR count). The molecule has 0 amide bonds. The average molecular weight is 427 g/mol. The number of rotatable bonds is 9. The zero-order valence-electron chi connectivity index (χ0n) is 16.3. The van der Waals surface area contributed by atoms with Crippen LogP contribution in [0.15, 0.2) is 71.6 Å². The van der Waals surface area contributed by atoms with Crippen LogP contribution in [0.1, 0.15) is 17.3 Å². The normalized spacial score (nSPS) is 11.1. The van der Waals surface area contributed by atoms with Crippen molar-refractivity contribution in [1.82, 2.24) is 14.9 Å². The molecule has 8 nitrogen and oxygen atoms in total. The summed E-state index contributed by atoms with van der Waals surface area (Å²) in [7, 11) is -3.73. The molecule has 1 N–H and O–H groups in total. The number of nitrogens with one attached hydrogen (secondary N) is 1. The standard InChI is InChI=1S/C21H21N3O5S/c1-2-28-21(25)17-8-10-18(11-9-17)30(26,27)22-14-15-29-20-13-12-19(23-24-20)16-6-4-3-5-7-16/h3-13,22H,2,14-15H2,1H3. The Morgan fingerprint density at radius 3 is 2.33 bits per heavy atom. The molecule has 30 heavy (non-hydrogen) atoms. The summed E-state index contributed by atoms with van der Waals surface area (Å²) >= 11 is 0. The van der Waals surface area contributed by atoms with E-state index in [1.807, 2.05) is 30.3 Å². The second-order valence-corrected chi connectivity index (χ2v) is 7.88. The van der Waals surface area contributed by atoms with E-state index in [4.69, 9.17) is 9.47 Å². The molecule has 0 spiro atoms. The number of carbonyl (C=O) groups excluding carboxylic acids is 1. The van der Waals surface area contributed by atoms with Gasteiger partial charge in [-0.15, -0.1) is 10.2 Å².